The van der Waals surface area contributed by atoms with E-state index >= 15 is 0 Å². The number of hydrogen-bond donors (Lipinski definition) is 0. The quantitative estimate of drug-likeness (QED) is 0.654. The lowest BCUT2D eigenvalue weighted by Gasteiger charge is -2.13. The van der Waals surface area contributed by atoms with Crippen LogP contribution < -0.4 is 9.47 Å². The average molecular weight is 343 g/mol. The third kappa shape index (κ3) is 6.47. The molecule has 0 aliphatic carbocycles. The summed E-state index contributed by atoms with van der Waals surface area (Å²) in [5.74, 6) is 1.36. The van der Waals surface area contributed by atoms with E-state index in [0.717, 1.165) is 29.9 Å². The number of hydroxylamine groups is 2. The summed E-state index contributed by atoms with van der Waals surface area (Å²) in [5.41, 5.74) is 2.33. The van der Waals surface area contributed by atoms with Crippen molar-refractivity contribution in [2.45, 2.75) is 19.3 Å². The summed E-state index contributed by atoms with van der Waals surface area (Å²) in [4.78, 5) is 16.5. The number of aryl methyl sites for hydroxylation is 2. The zero-order valence-electron chi connectivity index (χ0n) is 15.0. The topological polar surface area (TPSA) is 48.0 Å². The summed E-state index contributed by atoms with van der Waals surface area (Å²) in [5, 5.41) is 1.38. The molecule has 0 saturated heterocycles. The normalized spacial score (nSPS) is 10.6. The van der Waals surface area contributed by atoms with Crippen LogP contribution in [0.15, 0.2) is 48.5 Å². The number of rotatable bonds is 9. The van der Waals surface area contributed by atoms with Crippen molar-refractivity contribution in [2.24, 2.45) is 0 Å². The van der Waals surface area contributed by atoms with Crippen LogP contribution in [0.2, 0.25) is 0 Å². The average Bonchev–Trinajstić information content (AvgIpc) is 2.60. The van der Waals surface area contributed by atoms with Gasteiger partial charge in [-0.3, -0.25) is 4.79 Å². The highest BCUT2D eigenvalue weighted by molar-refractivity contribution is 5.69. The van der Waals surface area contributed by atoms with E-state index in [0.29, 0.717) is 6.61 Å². The maximum atomic E-state index is 11.5. The van der Waals surface area contributed by atoms with Gasteiger partial charge in [0.05, 0.1) is 20.1 Å². The molecular formula is C20H25NO4. The molecule has 0 spiro atoms. The van der Waals surface area contributed by atoms with Crippen molar-refractivity contribution in [1.82, 2.24) is 5.06 Å². The van der Waals surface area contributed by atoms with E-state index in [-0.39, 0.29) is 12.4 Å². The lowest BCUT2D eigenvalue weighted by atomic mass is 10.0. The zero-order valence-corrected chi connectivity index (χ0v) is 15.0. The molecule has 5 heteroatoms. The Labute approximate surface area is 149 Å². The highest BCUT2D eigenvalue weighted by Crippen LogP contribution is 2.21. The van der Waals surface area contributed by atoms with Gasteiger partial charge >= 0.3 is 5.97 Å². The lowest BCUT2D eigenvalue weighted by molar-refractivity contribution is -0.178. The van der Waals surface area contributed by atoms with Crippen molar-refractivity contribution in [1.29, 1.82) is 0 Å². The van der Waals surface area contributed by atoms with E-state index < -0.39 is 0 Å². The van der Waals surface area contributed by atoms with Gasteiger partial charge in [-0.05, 0) is 42.2 Å². The Morgan fingerprint density at radius 3 is 2.60 bits per heavy atom. The molecule has 0 aliphatic heterocycles. The Kier molecular flexibility index (Phi) is 7.29. The molecule has 0 fully saturated rings. The maximum Gasteiger partial charge on any atom is 0.328 e. The minimum absolute atomic E-state index is 0.211. The Hall–Kier alpha value is -2.53. The largest absolute Gasteiger partial charge is 0.497 e. The molecule has 25 heavy (non-hydrogen) atoms. The second kappa shape index (κ2) is 9.69. The smallest absolute Gasteiger partial charge is 0.328 e. The number of carbonyl (C=O) groups is 1. The fraction of sp³-hybridized carbons (Fsp3) is 0.350. The van der Waals surface area contributed by atoms with Gasteiger partial charge in [0.2, 0.25) is 0 Å². The summed E-state index contributed by atoms with van der Waals surface area (Å²) in [7, 11) is 5.02. The van der Waals surface area contributed by atoms with Crippen LogP contribution in [-0.2, 0) is 22.5 Å². The van der Waals surface area contributed by atoms with Gasteiger partial charge in [-0.25, -0.2) is 0 Å². The number of ether oxygens (including phenoxy) is 2. The summed E-state index contributed by atoms with van der Waals surface area (Å²) in [6.07, 6.45) is 1.95. The third-order valence-corrected chi connectivity index (χ3v) is 3.64. The van der Waals surface area contributed by atoms with Gasteiger partial charge in [0, 0.05) is 14.1 Å². The van der Waals surface area contributed by atoms with E-state index in [1.165, 1.54) is 10.6 Å². The molecular weight excluding hydrogens is 318 g/mol. The van der Waals surface area contributed by atoms with Gasteiger partial charge in [-0.1, -0.05) is 30.3 Å². The van der Waals surface area contributed by atoms with Gasteiger partial charge in [0.25, 0.3) is 0 Å². The van der Waals surface area contributed by atoms with Crippen LogP contribution in [0.1, 0.15) is 17.5 Å². The van der Waals surface area contributed by atoms with Crippen LogP contribution in [0.25, 0.3) is 0 Å². The van der Waals surface area contributed by atoms with Crippen molar-refractivity contribution in [3.8, 4) is 11.5 Å². The van der Waals surface area contributed by atoms with E-state index in [2.05, 4.69) is 6.07 Å². The van der Waals surface area contributed by atoms with Crippen LogP contribution in [-0.4, -0.2) is 38.8 Å². The number of nitrogens with zero attached hydrogens (tertiary/aromatic N) is 1. The Balaban J connectivity index is 1.90. The molecule has 2 rings (SSSR count). The first-order valence-electron chi connectivity index (χ1n) is 8.30. The van der Waals surface area contributed by atoms with Crippen molar-refractivity contribution in [3.63, 3.8) is 0 Å². The molecule has 0 aliphatic rings. The molecule has 0 N–H and O–H groups in total. The van der Waals surface area contributed by atoms with Crippen molar-refractivity contribution in [2.75, 3.05) is 27.8 Å². The predicted molar refractivity (Wildman–Crippen MR) is 96.7 cm³/mol. The molecule has 2 aromatic carbocycles. The fourth-order valence-electron chi connectivity index (χ4n) is 2.45. The van der Waals surface area contributed by atoms with Gasteiger partial charge in [0.1, 0.15) is 11.5 Å². The molecule has 0 radical (unpaired) electrons. The maximum absolute atomic E-state index is 11.5. The van der Waals surface area contributed by atoms with Gasteiger partial charge < -0.3 is 14.3 Å². The number of para-hydroxylation sites is 1. The van der Waals surface area contributed by atoms with Crippen molar-refractivity contribution < 1.29 is 19.1 Å². The minimum atomic E-state index is -0.307. The van der Waals surface area contributed by atoms with Gasteiger partial charge in [0.15, 0.2) is 0 Å². The first-order chi connectivity index (χ1) is 12.1. The number of hydrogen-bond acceptors (Lipinski definition) is 5. The molecule has 134 valence electrons. The molecule has 5 nitrogen and oxygen atoms in total. The summed E-state index contributed by atoms with van der Waals surface area (Å²) in [6, 6.07) is 16.0. The summed E-state index contributed by atoms with van der Waals surface area (Å²) < 4.78 is 11.0. The molecule has 0 saturated carbocycles. The second-order valence-corrected chi connectivity index (χ2v) is 5.83. The first-order valence-corrected chi connectivity index (χ1v) is 8.30. The van der Waals surface area contributed by atoms with Crippen molar-refractivity contribution in [3.05, 3.63) is 59.7 Å². The standard InChI is InChI=1S/C20H25NO4/c1-21(2)25-20(22)13-14-24-19-10-5-4-8-17(19)12-11-16-7-6-9-18(15-16)23-3/h4-10,15H,11-14H2,1-3H3. The fourth-order valence-corrected chi connectivity index (χ4v) is 2.45. The van der Waals surface area contributed by atoms with Gasteiger partial charge in [-0.2, -0.15) is 0 Å². The van der Waals surface area contributed by atoms with Crippen LogP contribution in [0.4, 0.5) is 0 Å². The first kappa shape index (κ1) is 18.8. The van der Waals surface area contributed by atoms with Gasteiger partial charge in [-0.15, -0.1) is 5.06 Å². The molecule has 0 heterocycles. The van der Waals surface area contributed by atoms with Crippen LogP contribution >= 0.6 is 0 Å². The zero-order chi connectivity index (χ0) is 18.1. The third-order valence-electron chi connectivity index (χ3n) is 3.64. The van der Waals surface area contributed by atoms with E-state index in [1.807, 2.05) is 42.5 Å². The summed E-state index contributed by atoms with van der Waals surface area (Å²) in [6.45, 7) is 0.294. The molecule has 2 aromatic rings. The molecule has 0 amide bonds. The molecule has 0 aromatic heterocycles. The van der Waals surface area contributed by atoms with E-state index in [9.17, 15) is 4.79 Å². The van der Waals surface area contributed by atoms with E-state index in [1.54, 1.807) is 21.2 Å². The number of methoxy groups -OCH3 is 1. The Morgan fingerprint density at radius 1 is 1.04 bits per heavy atom. The van der Waals surface area contributed by atoms with Crippen molar-refractivity contribution >= 4 is 5.97 Å². The van der Waals surface area contributed by atoms with Crippen LogP contribution in [0.5, 0.6) is 11.5 Å². The summed E-state index contributed by atoms with van der Waals surface area (Å²) >= 11 is 0. The SMILES string of the molecule is COc1cccc(CCc2ccccc2OCCC(=O)ON(C)C)c1. The highest BCUT2D eigenvalue weighted by atomic mass is 16.7. The highest BCUT2D eigenvalue weighted by Gasteiger charge is 2.08. The number of carbonyl (C=O) groups excluding carboxylic acids is 1. The molecule has 0 unspecified atom stereocenters. The second-order valence-electron chi connectivity index (χ2n) is 5.83. The van der Waals surface area contributed by atoms with Crippen LogP contribution in [0.3, 0.4) is 0 Å². The Bertz CT molecular complexity index is 685. The van der Waals surface area contributed by atoms with E-state index in [4.69, 9.17) is 14.3 Å². The Morgan fingerprint density at radius 2 is 1.84 bits per heavy atom. The molecule has 0 bridgehead atoms. The predicted octanol–water partition coefficient (Wildman–Crippen LogP) is 3.27. The minimum Gasteiger partial charge on any atom is -0.497 e. The monoisotopic (exact) mass is 343 g/mol. The molecule has 0 atom stereocenters. The number of benzene rings is 2. The lowest BCUT2D eigenvalue weighted by Crippen LogP contribution is -2.20. The van der Waals surface area contributed by atoms with Crippen LogP contribution in [0, 0.1) is 0 Å².